The highest BCUT2D eigenvalue weighted by atomic mass is 32.1. The Kier molecular flexibility index (Phi) is 5.16. The highest BCUT2D eigenvalue weighted by Crippen LogP contribution is 2.25. The average Bonchev–Trinajstić information content (AvgIpc) is 3.45. The molecule has 2 aromatic heterocycles. The third-order valence-electron chi connectivity index (χ3n) is 4.29. The summed E-state index contributed by atoms with van der Waals surface area (Å²) in [6.45, 7) is 0.442. The molecule has 2 N–H and O–H groups in total. The number of hydrogen-bond donors (Lipinski definition) is 2. The van der Waals surface area contributed by atoms with Crippen LogP contribution in [-0.4, -0.2) is 28.2 Å². The lowest BCUT2D eigenvalue weighted by molar-refractivity contribution is 0.0946. The Bertz CT molecular complexity index is 1050. The topological polar surface area (TPSA) is 79.9 Å². The molecule has 0 atom stereocenters. The summed E-state index contributed by atoms with van der Waals surface area (Å²) >= 11 is 1.44. The van der Waals surface area contributed by atoms with Crippen LogP contribution in [0.25, 0.3) is 21.8 Å². The van der Waals surface area contributed by atoms with Gasteiger partial charge in [-0.3, -0.25) is 9.89 Å². The van der Waals surface area contributed by atoms with Gasteiger partial charge in [-0.15, -0.1) is 11.3 Å². The van der Waals surface area contributed by atoms with Crippen molar-refractivity contribution >= 4 is 17.2 Å². The molecule has 140 valence electrons. The van der Waals surface area contributed by atoms with Gasteiger partial charge in [0.2, 0.25) is 0 Å². The number of rotatable bonds is 6. The van der Waals surface area contributed by atoms with Crippen molar-refractivity contribution in [1.82, 2.24) is 20.5 Å². The number of benzene rings is 2. The number of nitrogens with one attached hydrogen (secondary N) is 2. The molecule has 0 aliphatic carbocycles. The van der Waals surface area contributed by atoms with Crippen molar-refractivity contribution in [2.24, 2.45) is 0 Å². The number of aromatic amines is 1. The molecule has 4 rings (SSSR count). The summed E-state index contributed by atoms with van der Waals surface area (Å²) < 4.78 is 5.16. The van der Waals surface area contributed by atoms with E-state index in [0.29, 0.717) is 12.2 Å². The first-order chi connectivity index (χ1) is 13.7. The van der Waals surface area contributed by atoms with E-state index in [9.17, 15) is 4.79 Å². The lowest BCUT2D eigenvalue weighted by Gasteiger charge is -2.05. The molecule has 28 heavy (non-hydrogen) atoms. The zero-order chi connectivity index (χ0) is 19.3. The zero-order valence-corrected chi connectivity index (χ0v) is 16.0. The van der Waals surface area contributed by atoms with Crippen LogP contribution in [0.2, 0.25) is 0 Å². The summed E-state index contributed by atoms with van der Waals surface area (Å²) in [5.41, 5.74) is 4.41. The van der Waals surface area contributed by atoms with E-state index in [-0.39, 0.29) is 5.91 Å². The first kappa shape index (κ1) is 17.9. The number of nitrogens with zero attached hydrogens (tertiary/aromatic N) is 2. The number of thiazole rings is 1. The quantitative estimate of drug-likeness (QED) is 0.519. The fraction of sp³-hybridized carbons (Fsp3) is 0.0952. The predicted octanol–water partition coefficient (Wildman–Crippen LogP) is 4.14. The molecule has 0 spiro atoms. The SMILES string of the molecule is COc1ccc(-c2nc(C(=O)NCc3ccc(-c4ccn[nH]4)cc3)cs2)cc1. The number of H-pyrrole nitrogens is 1. The molecule has 0 bridgehead atoms. The van der Waals surface area contributed by atoms with E-state index in [1.165, 1.54) is 11.3 Å². The Morgan fingerprint density at radius 3 is 2.50 bits per heavy atom. The zero-order valence-electron chi connectivity index (χ0n) is 15.2. The average molecular weight is 390 g/mol. The third-order valence-corrected chi connectivity index (χ3v) is 5.18. The largest absolute Gasteiger partial charge is 0.497 e. The van der Waals surface area contributed by atoms with Crippen LogP contribution in [0.15, 0.2) is 66.2 Å². The molecule has 0 unspecified atom stereocenters. The third kappa shape index (κ3) is 3.94. The number of amides is 1. The Balaban J connectivity index is 1.38. The van der Waals surface area contributed by atoms with Gasteiger partial charge in [0.15, 0.2) is 0 Å². The van der Waals surface area contributed by atoms with Gasteiger partial charge in [0, 0.05) is 23.7 Å². The van der Waals surface area contributed by atoms with Crippen molar-refractivity contribution in [3.63, 3.8) is 0 Å². The van der Waals surface area contributed by atoms with Crippen LogP contribution in [0.1, 0.15) is 16.1 Å². The number of ether oxygens (including phenoxy) is 1. The number of methoxy groups -OCH3 is 1. The minimum absolute atomic E-state index is 0.186. The van der Waals surface area contributed by atoms with Crippen LogP contribution in [0.3, 0.4) is 0 Å². The molecule has 0 saturated carbocycles. The maximum Gasteiger partial charge on any atom is 0.271 e. The van der Waals surface area contributed by atoms with Crippen LogP contribution in [0.5, 0.6) is 5.75 Å². The van der Waals surface area contributed by atoms with Gasteiger partial charge in [-0.1, -0.05) is 24.3 Å². The molecule has 0 fully saturated rings. The Labute approximate surface area is 166 Å². The summed E-state index contributed by atoms with van der Waals surface area (Å²) in [4.78, 5) is 16.9. The van der Waals surface area contributed by atoms with Crippen LogP contribution in [0.4, 0.5) is 0 Å². The van der Waals surface area contributed by atoms with Crippen molar-refractivity contribution in [3.05, 3.63) is 77.4 Å². The Hall–Kier alpha value is -3.45. The Morgan fingerprint density at radius 2 is 1.82 bits per heavy atom. The second-order valence-corrected chi connectivity index (χ2v) is 6.97. The van der Waals surface area contributed by atoms with Crippen LogP contribution in [0, 0.1) is 0 Å². The van der Waals surface area contributed by atoms with Gasteiger partial charge in [-0.25, -0.2) is 4.98 Å². The van der Waals surface area contributed by atoms with Crippen molar-refractivity contribution in [2.45, 2.75) is 6.54 Å². The summed E-state index contributed by atoms with van der Waals surface area (Å²) in [7, 11) is 1.63. The van der Waals surface area contributed by atoms with E-state index in [1.54, 1.807) is 18.7 Å². The smallest absolute Gasteiger partial charge is 0.271 e. The van der Waals surface area contributed by atoms with Crippen molar-refractivity contribution in [2.75, 3.05) is 7.11 Å². The minimum atomic E-state index is -0.186. The lowest BCUT2D eigenvalue weighted by Crippen LogP contribution is -2.23. The minimum Gasteiger partial charge on any atom is -0.497 e. The Morgan fingerprint density at radius 1 is 1.07 bits per heavy atom. The molecular formula is C21H18N4O2S. The van der Waals surface area contributed by atoms with Crippen molar-refractivity contribution in [3.8, 4) is 27.6 Å². The van der Waals surface area contributed by atoms with Crippen LogP contribution < -0.4 is 10.1 Å². The second-order valence-electron chi connectivity index (χ2n) is 6.12. The molecule has 7 heteroatoms. The summed E-state index contributed by atoms with van der Waals surface area (Å²) in [5, 5.41) is 12.4. The number of hydrogen-bond acceptors (Lipinski definition) is 5. The molecule has 0 aliphatic heterocycles. The van der Waals surface area contributed by atoms with E-state index >= 15 is 0 Å². The predicted molar refractivity (Wildman–Crippen MR) is 109 cm³/mol. The molecule has 0 radical (unpaired) electrons. The van der Waals surface area contributed by atoms with E-state index < -0.39 is 0 Å². The fourth-order valence-corrected chi connectivity index (χ4v) is 3.54. The maximum absolute atomic E-state index is 12.4. The van der Waals surface area contributed by atoms with Gasteiger partial charge >= 0.3 is 0 Å². The number of carbonyl (C=O) groups excluding carboxylic acids is 1. The van der Waals surface area contributed by atoms with E-state index in [2.05, 4.69) is 20.5 Å². The van der Waals surface area contributed by atoms with Gasteiger partial charge in [0.05, 0.1) is 12.8 Å². The number of carbonyl (C=O) groups is 1. The molecule has 0 saturated heterocycles. The highest BCUT2D eigenvalue weighted by molar-refractivity contribution is 7.13. The van der Waals surface area contributed by atoms with Crippen LogP contribution >= 0.6 is 11.3 Å². The molecule has 6 nitrogen and oxygen atoms in total. The molecule has 2 heterocycles. The monoisotopic (exact) mass is 390 g/mol. The van der Waals surface area contributed by atoms with Gasteiger partial charge in [0.1, 0.15) is 16.5 Å². The van der Waals surface area contributed by atoms with Crippen molar-refractivity contribution in [1.29, 1.82) is 0 Å². The van der Waals surface area contributed by atoms with Crippen LogP contribution in [-0.2, 0) is 6.54 Å². The summed E-state index contributed by atoms with van der Waals surface area (Å²) in [6, 6.07) is 17.5. The van der Waals surface area contributed by atoms with Gasteiger partial charge in [-0.05, 0) is 41.5 Å². The standard InChI is InChI=1S/C21H18N4O2S/c1-27-17-8-6-16(7-9-17)21-24-19(13-28-21)20(26)22-12-14-2-4-15(5-3-14)18-10-11-23-25-18/h2-11,13H,12H2,1H3,(H,22,26)(H,23,25). The molecule has 0 aliphatic rings. The van der Waals surface area contributed by atoms with E-state index in [4.69, 9.17) is 4.74 Å². The molecular weight excluding hydrogens is 372 g/mol. The second kappa shape index (κ2) is 8.06. The summed E-state index contributed by atoms with van der Waals surface area (Å²) in [5.74, 6) is 0.602. The van der Waals surface area contributed by atoms with E-state index in [0.717, 1.165) is 33.1 Å². The van der Waals surface area contributed by atoms with Gasteiger partial charge < -0.3 is 10.1 Å². The lowest BCUT2D eigenvalue weighted by atomic mass is 10.1. The normalized spacial score (nSPS) is 10.6. The first-order valence-electron chi connectivity index (χ1n) is 8.70. The molecule has 1 amide bonds. The van der Waals surface area contributed by atoms with Gasteiger partial charge in [-0.2, -0.15) is 5.10 Å². The highest BCUT2D eigenvalue weighted by Gasteiger charge is 2.12. The van der Waals surface area contributed by atoms with Crippen molar-refractivity contribution < 1.29 is 9.53 Å². The van der Waals surface area contributed by atoms with Gasteiger partial charge in [0.25, 0.3) is 5.91 Å². The molecule has 4 aromatic rings. The van der Waals surface area contributed by atoms with E-state index in [1.807, 2.05) is 54.6 Å². The number of aromatic nitrogens is 3. The maximum atomic E-state index is 12.4. The summed E-state index contributed by atoms with van der Waals surface area (Å²) in [6.07, 6.45) is 1.72. The first-order valence-corrected chi connectivity index (χ1v) is 9.58. The molecule has 2 aromatic carbocycles. The fourth-order valence-electron chi connectivity index (χ4n) is 2.74.